The maximum absolute atomic E-state index is 13.7. The lowest BCUT2D eigenvalue weighted by Crippen LogP contribution is -2.35. The Hall–Kier alpha value is -4.65. The summed E-state index contributed by atoms with van der Waals surface area (Å²) in [6.07, 6.45) is -9.70. The van der Waals surface area contributed by atoms with Crippen molar-refractivity contribution in [3.05, 3.63) is 120 Å². The number of ether oxygens (including phenoxy) is 2. The number of halogens is 6. The minimum absolute atomic E-state index is 0.0450. The summed E-state index contributed by atoms with van der Waals surface area (Å²) in [5.41, 5.74) is -0.834. The summed E-state index contributed by atoms with van der Waals surface area (Å²) in [5.74, 6) is 0.372. The maximum atomic E-state index is 13.7. The minimum atomic E-state index is -5.05. The Labute approximate surface area is 277 Å². The van der Waals surface area contributed by atoms with Crippen LogP contribution in [0.3, 0.4) is 0 Å². The molecule has 18 heteroatoms. The van der Waals surface area contributed by atoms with E-state index in [0.717, 1.165) is 36.4 Å². The summed E-state index contributed by atoms with van der Waals surface area (Å²) >= 11 is 0. The number of hydrogen-bond donors (Lipinski definition) is 1. The van der Waals surface area contributed by atoms with Gasteiger partial charge in [0.1, 0.15) is 16.4 Å². The van der Waals surface area contributed by atoms with E-state index in [1.807, 2.05) is 0 Å². The predicted molar refractivity (Wildman–Crippen MR) is 162 cm³/mol. The van der Waals surface area contributed by atoms with Crippen LogP contribution in [-0.4, -0.2) is 48.1 Å². The summed E-state index contributed by atoms with van der Waals surface area (Å²) in [7, 11) is -9.12. The Kier molecular flexibility index (Phi) is 11.9. The molecule has 0 saturated carbocycles. The van der Waals surface area contributed by atoms with Crippen molar-refractivity contribution < 1.29 is 61.2 Å². The summed E-state index contributed by atoms with van der Waals surface area (Å²) in [6, 6.07) is 19.8. The van der Waals surface area contributed by atoms with Gasteiger partial charge in [-0.15, -0.1) is 0 Å². The molecule has 0 aliphatic rings. The first kappa shape index (κ1) is 37.2. The highest BCUT2D eigenvalue weighted by molar-refractivity contribution is 7.87. The number of nitrogens with zero attached hydrogens (tertiary/aromatic N) is 1. The molecular formula is C31H26F6N2O8S2. The molecule has 10 nitrogen and oxygen atoms in total. The SMILES string of the molecule is O=S(=O)(O/N=C(/c1ccc(OCCCOc2ccc(C(NOS(=O)(=O)c3ccccc3)C(F)(F)F)cc2)cc1)C(F)(F)F)c1ccccc1. The average Bonchev–Trinajstić information content (AvgIpc) is 3.05. The van der Waals surface area contributed by atoms with Crippen LogP contribution in [0.2, 0.25) is 0 Å². The van der Waals surface area contributed by atoms with Gasteiger partial charge in [-0.2, -0.15) is 52.9 Å². The van der Waals surface area contributed by atoms with E-state index in [4.69, 9.17) is 9.47 Å². The molecule has 0 aromatic heterocycles. The Morgan fingerprint density at radius 1 is 0.653 bits per heavy atom. The zero-order chi connectivity index (χ0) is 35.7. The maximum Gasteiger partial charge on any atom is 0.437 e. The molecule has 4 rings (SSSR count). The van der Waals surface area contributed by atoms with E-state index in [9.17, 15) is 43.2 Å². The standard InChI is InChI=1S/C31H26F6N2O8S2/c32-30(33,34)28(38-46-48(40,41)26-8-3-1-4-9-26)22-12-16-24(17-13-22)44-20-7-21-45-25-18-14-23(15-19-25)29(31(35,36)37)39-47-49(42,43)27-10-5-2-6-11-27/h1-6,8-19,28,38H,7,20-21H2/b39-29-. The van der Waals surface area contributed by atoms with E-state index in [-0.39, 0.29) is 46.5 Å². The second-order valence-corrected chi connectivity index (χ2v) is 12.9. The number of hydroxylamine groups is 1. The minimum Gasteiger partial charge on any atom is -0.493 e. The fraction of sp³-hybridized carbons (Fsp3) is 0.194. The van der Waals surface area contributed by atoms with E-state index in [1.165, 1.54) is 72.8 Å². The van der Waals surface area contributed by atoms with Gasteiger partial charge in [0.2, 0.25) is 0 Å². The van der Waals surface area contributed by atoms with Crippen LogP contribution in [0.15, 0.2) is 124 Å². The smallest absolute Gasteiger partial charge is 0.437 e. The van der Waals surface area contributed by atoms with Crippen LogP contribution in [0.1, 0.15) is 23.6 Å². The van der Waals surface area contributed by atoms with Crippen LogP contribution in [-0.2, 0) is 28.8 Å². The van der Waals surface area contributed by atoms with Crippen LogP contribution >= 0.6 is 0 Å². The molecule has 4 aromatic carbocycles. The summed E-state index contributed by atoms with van der Waals surface area (Å²) < 4.78 is 151. The first-order valence-electron chi connectivity index (χ1n) is 14.0. The first-order valence-corrected chi connectivity index (χ1v) is 16.8. The Bertz CT molecular complexity index is 1910. The number of benzene rings is 4. The van der Waals surface area contributed by atoms with Crippen molar-refractivity contribution in [1.82, 2.24) is 5.48 Å². The lowest BCUT2D eigenvalue weighted by molar-refractivity contribution is -0.174. The van der Waals surface area contributed by atoms with Gasteiger partial charge in [0.15, 0.2) is 11.8 Å². The number of hydrogen-bond acceptors (Lipinski definition) is 10. The average molecular weight is 733 g/mol. The fourth-order valence-electron chi connectivity index (χ4n) is 3.96. The third kappa shape index (κ3) is 10.7. The molecule has 49 heavy (non-hydrogen) atoms. The summed E-state index contributed by atoms with van der Waals surface area (Å²) in [6.45, 7) is 0.0955. The number of rotatable bonds is 15. The molecule has 0 bridgehead atoms. The molecule has 0 amide bonds. The van der Waals surface area contributed by atoms with Crippen LogP contribution < -0.4 is 15.0 Å². The van der Waals surface area contributed by atoms with Gasteiger partial charge in [-0.1, -0.05) is 53.7 Å². The molecule has 1 atom stereocenters. The van der Waals surface area contributed by atoms with Gasteiger partial charge >= 0.3 is 32.6 Å². The van der Waals surface area contributed by atoms with Crippen LogP contribution in [0.4, 0.5) is 26.3 Å². The molecular weight excluding hydrogens is 706 g/mol. The second-order valence-electron chi connectivity index (χ2n) is 9.87. The Balaban J connectivity index is 1.28. The van der Waals surface area contributed by atoms with Crippen molar-refractivity contribution in [2.75, 3.05) is 13.2 Å². The zero-order valence-corrected chi connectivity index (χ0v) is 26.5. The summed E-state index contributed by atoms with van der Waals surface area (Å²) in [5, 5.41) is 2.87. The molecule has 0 heterocycles. The Morgan fingerprint density at radius 3 is 1.59 bits per heavy atom. The topological polar surface area (TPSA) is 130 Å². The van der Waals surface area contributed by atoms with Crippen molar-refractivity contribution in [3.8, 4) is 11.5 Å². The molecule has 262 valence electrons. The van der Waals surface area contributed by atoms with Gasteiger partial charge in [0.25, 0.3) is 0 Å². The number of oxime groups is 1. The Morgan fingerprint density at radius 2 is 1.12 bits per heavy atom. The van der Waals surface area contributed by atoms with Gasteiger partial charge in [-0.05, 0) is 66.2 Å². The highest BCUT2D eigenvalue weighted by atomic mass is 32.2. The molecule has 1 N–H and O–H groups in total. The van der Waals surface area contributed by atoms with E-state index in [1.54, 1.807) is 5.48 Å². The third-order valence-corrected chi connectivity index (χ3v) is 8.61. The van der Waals surface area contributed by atoms with E-state index in [0.29, 0.717) is 0 Å². The van der Waals surface area contributed by atoms with Crippen molar-refractivity contribution >= 4 is 25.9 Å². The lowest BCUT2D eigenvalue weighted by Gasteiger charge is -2.21. The summed E-state index contributed by atoms with van der Waals surface area (Å²) in [4.78, 5) is -0.713. The van der Waals surface area contributed by atoms with Crippen molar-refractivity contribution in [3.63, 3.8) is 0 Å². The molecule has 0 saturated heterocycles. The van der Waals surface area contributed by atoms with Gasteiger partial charge in [-0.3, -0.25) is 4.28 Å². The molecule has 1 unspecified atom stereocenters. The number of alkyl halides is 6. The van der Waals surface area contributed by atoms with Gasteiger partial charge < -0.3 is 9.47 Å². The largest absolute Gasteiger partial charge is 0.493 e. The van der Waals surface area contributed by atoms with Crippen molar-refractivity contribution in [1.29, 1.82) is 0 Å². The lowest BCUT2D eigenvalue weighted by atomic mass is 10.1. The van der Waals surface area contributed by atoms with E-state index >= 15 is 0 Å². The van der Waals surface area contributed by atoms with Crippen molar-refractivity contribution in [2.24, 2.45) is 5.16 Å². The van der Waals surface area contributed by atoms with Crippen LogP contribution in [0.5, 0.6) is 11.5 Å². The predicted octanol–water partition coefficient (Wildman–Crippen LogP) is 6.72. The van der Waals surface area contributed by atoms with Gasteiger partial charge in [0, 0.05) is 12.0 Å². The number of nitrogens with one attached hydrogen (secondary N) is 1. The highest BCUT2D eigenvalue weighted by Gasteiger charge is 2.42. The molecule has 0 spiro atoms. The van der Waals surface area contributed by atoms with Gasteiger partial charge in [-0.25, -0.2) is 0 Å². The third-order valence-electron chi connectivity index (χ3n) is 6.33. The fourth-order valence-corrected chi connectivity index (χ4v) is 5.52. The molecule has 0 aliphatic heterocycles. The van der Waals surface area contributed by atoms with Crippen molar-refractivity contribution in [2.45, 2.75) is 34.6 Å². The van der Waals surface area contributed by atoms with Gasteiger partial charge in [0.05, 0.1) is 18.1 Å². The highest BCUT2D eigenvalue weighted by Crippen LogP contribution is 2.34. The molecule has 0 aliphatic carbocycles. The molecule has 0 fully saturated rings. The second kappa shape index (κ2) is 15.7. The normalized spacial score (nSPS) is 13.5. The van der Waals surface area contributed by atoms with Crippen LogP contribution in [0, 0.1) is 0 Å². The molecule has 0 radical (unpaired) electrons. The monoisotopic (exact) mass is 732 g/mol. The quantitative estimate of drug-likeness (QED) is 0.0613. The van der Waals surface area contributed by atoms with E-state index < -0.39 is 49.9 Å². The van der Waals surface area contributed by atoms with E-state index in [2.05, 4.69) is 13.7 Å². The zero-order valence-electron chi connectivity index (χ0n) is 24.9. The first-order chi connectivity index (χ1) is 23.1. The molecule has 4 aromatic rings. The van der Waals surface area contributed by atoms with Crippen LogP contribution in [0.25, 0.3) is 0 Å².